The minimum atomic E-state index is -1.58. The highest BCUT2D eigenvalue weighted by Gasteiger charge is 2.37. The molecule has 1 aliphatic rings. The molecule has 0 spiro atoms. The molecular weight excluding hydrogens is 797 g/mol. The molecule has 4 rings (SSSR count). The summed E-state index contributed by atoms with van der Waals surface area (Å²) in [5.41, 5.74) is 8.21. The second-order valence-corrected chi connectivity index (χ2v) is 16.1. The van der Waals surface area contributed by atoms with Gasteiger partial charge in [0.2, 0.25) is 41.4 Å². The average molecular weight is 857 g/mol. The van der Waals surface area contributed by atoms with E-state index in [0.717, 1.165) is 5.56 Å². The number of aliphatic hydroxyl groups is 1. The van der Waals surface area contributed by atoms with Crippen molar-refractivity contribution in [2.75, 3.05) is 6.54 Å². The molecule has 1 heterocycles. The minimum Gasteiger partial charge on any atom is -0.508 e. The maximum atomic E-state index is 14.3. The fourth-order valence-corrected chi connectivity index (χ4v) is 6.83. The van der Waals surface area contributed by atoms with Gasteiger partial charge in [-0.3, -0.25) is 33.6 Å². The zero-order valence-corrected chi connectivity index (χ0v) is 35.7. The van der Waals surface area contributed by atoms with Gasteiger partial charge in [-0.25, -0.2) is 0 Å². The second-order valence-electron chi connectivity index (χ2n) is 16.1. The van der Waals surface area contributed by atoms with Gasteiger partial charge in [-0.1, -0.05) is 107 Å². The highest BCUT2D eigenvalue weighted by Crippen LogP contribution is 2.14. The van der Waals surface area contributed by atoms with Gasteiger partial charge in [0.1, 0.15) is 42.0 Å². The number of hydrogen-bond acceptors (Lipinski definition) is 10. The van der Waals surface area contributed by atoms with Crippen LogP contribution >= 0.6 is 0 Å². The number of hydrogen-bond donors (Lipinski definition) is 10. The van der Waals surface area contributed by atoms with Gasteiger partial charge in [0.05, 0.1) is 12.1 Å². The minimum absolute atomic E-state index is 0.0321. The topological polar surface area (TPSA) is 270 Å². The number of aliphatic hydroxyl groups excluding tert-OH is 1. The van der Waals surface area contributed by atoms with Crippen LogP contribution in [0, 0.1) is 11.8 Å². The Morgan fingerprint density at radius 2 is 1.19 bits per heavy atom. The summed E-state index contributed by atoms with van der Waals surface area (Å²) in [6.07, 6.45) is -1.03. The van der Waals surface area contributed by atoms with Crippen molar-refractivity contribution in [3.63, 3.8) is 0 Å². The molecule has 1 fully saturated rings. The Morgan fingerprint density at radius 1 is 0.677 bits per heavy atom. The summed E-state index contributed by atoms with van der Waals surface area (Å²) in [4.78, 5) is 97.7. The molecule has 17 nitrogen and oxygen atoms in total. The summed E-state index contributed by atoms with van der Waals surface area (Å²) < 4.78 is 0. The molecule has 0 radical (unpaired) electrons. The van der Waals surface area contributed by atoms with Gasteiger partial charge in [-0.2, -0.15) is 0 Å². The van der Waals surface area contributed by atoms with E-state index < -0.39 is 108 Å². The van der Waals surface area contributed by atoms with E-state index in [1.54, 1.807) is 58.0 Å². The lowest BCUT2D eigenvalue weighted by atomic mass is 9.96. The molecule has 62 heavy (non-hydrogen) atoms. The quantitative estimate of drug-likeness (QED) is 0.103. The predicted molar refractivity (Wildman–Crippen MR) is 231 cm³/mol. The highest BCUT2D eigenvalue weighted by atomic mass is 16.3. The Labute approximate surface area is 361 Å². The first-order valence-corrected chi connectivity index (χ1v) is 20.9. The molecule has 1 aliphatic heterocycles. The molecule has 7 amide bonds. The fourth-order valence-electron chi connectivity index (χ4n) is 6.83. The van der Waals surface area contributed by atoms with Crippen LogP contribution in [0.15, 0.2) is 84.9 Å². The molecule has 3 aromatic rings. The third-order valence-corrected chi connectivity index (χ3v) is 10.8. The number of carbonyl (C=O) groups is 7. The summed E-state index contributed by atoms with van der Waals surface area (Å²) >= 11 is 0. The van der Waals surface area contributed by atoms with E-state index in [-0.39, 0.29) is 25.0 Å². The van der Waals surface area contributed by atoms with Crippen molar-refractivity contribution in [3.05, 3.63) is 102 Å². The molecule has 0 bridgehead atoms. The van der Waals surface area contributed by atoms with Crippen LogP contribution in [-0.4, -0.2) is 107 Å². The van der Waals surface area contributed by atoms with Gasteiger partial charge in [-0.15, -0.1) is 0 Å². The van der Waals surface area contributed by atoms with Crippen LogP contribution in [0.3, 0.4) is 0 Å². The molecule has 0 aliphatic carbocycles. The first-order valence-electron chi connectivity index (χ1n) is 20.9. The Morgan fingerprint density at radius 3 is 1.74 bits per heavy atom. The number of phenols is 1. The van der Waals surface area contributed by atoms with Crippen molar-refractivity contribution in [2.24, 2.45) is 17.6 Å². The molecule has 334 valence electrons. The number of aromatic hydroxyl groups is 1. The second kappa shape index (κ2) is 23.0. The van der Waals surface area contributed by atoms with E-state index in [9.17, 15) is 43.8 Å². The summed E-state index contributed by atoms with van der Waals surface area (Å²) in [7, 11) is 0. The summed E-state index contributed by atoms with van der Waals surface area (Å²) in [6, 6.07) is 14.5. The van der Waals surface area contributed by atoms with Gasteiger partial charge in [0, 0.05) is 19.4 Å². The van der Waals surface area contributed by atoms with Crippen molar-refractivity contribution >= 4 is 41.4 Å². The Kier molecular flexibility index (Phi) is 18.0. The molecule has 11 N–H and O–H groups in total. The van der Waals surface area contributed by atoms with Crippen LogP contribution < -0.4 is 43.0 Å². The number of phenolic OH excluding ortho intramolecular Hbond substituents is 1. The normalized spacial score (nSPS) is 22.4. The van der Waals surface area contributed by atoms with E-state index in [4.69, 9.17) is 5.73 Å². The van der Waals surface area contributed by atoms with E-state index in [2.05, 4.69) is 37.2 Å². The molecule has 0 aromatic heterocycles. The van der Waals surface area contributed by atoms with Crippen LogP contribution in [0.1, 0.15) is 57.7 Å². The van der Waals surface area contributed by atoms with E-state index in [0.29, 0.717) is 17.5 Å². The lowest BCUT2D eigenvalue weighted by Crippen LogP contribution is -2.64. The first-order chi connectivity index (χ1) is 29.5. The maximum absolute atomic E-state index is 14.3. The molecule has 17 heteroatoms. The summed E-state index contributed by atoms with van der Waals surface area (Å²) in [5.74, 6) is -6.58. The lowest BCUT2D eigenvalue weighted by Gasteiger charge is -2.31. The van der Waals surface area contributed by atoms with Gasteiger partial charge in [-0.05, 0) is 54.0 Å². The zero-order chi connectivity index (χ0) is 45.5. The number of nitrogens with two attached hydrogens (primary N) is 1. The first kappa shape index (κ1) is 48.3. The number of carbonyl (C=O) groups excluding carboxylic acids is 7. The Bertz CT molecular complexity index is 2000. The molecule has 0 saturated carbocycles. The van der Waals surface area contributed by atoms with Crippen molar-refractivity contribution in [3.8, 4) is 5.75 Å². The number of nitrogens with one attached hydrogen (secondary N) is 7. The molecule has 3 aromatic carbocycles. The van der Waals surface area contributed by atoms with E-state index in [1.807, 2.05) is 30.3 Å². The number of benzene rings is 3. The standard InChI is InChI=1S/C45H60N8O9/c1-6-26(4)37-44(61)49-34(22-29-15-11-8-12-16-29)41(58)53-38(27(5)54)45(62)48-33(23-30-17-19-31(55)20-18-30)40(57)47-24-35(42(59)52-37)50-43(60)36(25(2)3)51-39(56)32(46)21-28-13-9-7-10-14-28/h7-20,25-27,32-38,54-55H,6,21-24,46H2,1-5H3,(H,47,57)(H,48,62)(H,49,61)(H,50,60)(H,51,56)(H,52,59)(H,53,58)/t26-,27+,32-,33+,34?,35-,36-,37-,38?/m0/s1. The van der Waals surface area contributed by atoms with Crippen LogP contribution in [-0.2, 0) is 52.8 Å². The molecule has 2 unspecified atom stereocenters. The molecule has 1 saturated heterocycles. The highest BCUT2D eigenvalue weighted by molar-refractivity contribution is 5.98. The number of rotatable bonds is 14. The van der Waals surface area contributed by atoms with Crippen LogP contribution in [0.4, 0.5) is 0 Å². The van der Waals surface area contributed by atoms with Crippen molar-refractivity contribution < 1.29 is 43.8 Å². The van der Waals surface area contributed by atoms with Crippen molar-refractivity contribution in [2.45, 2.75) is 109 Å². The van der Waals surface area contributed by atoms with Crippen molar-refractivity contribution in [1.82, 2.24) is 37.2 Å². The summed E-state index contributed by atoms with van der Waals surface area (Å²) in [6.45, 7) is 7.65. The van der Waals surface area contributed by atoms with Gasteiger partial charge in [0.15, 0.2) is 0 Å². The lowest BCUT2D eigenvalue weighted by molar-refractivity contribution is -0.138. The third-order valence-electron chi connectivity index (χ3n) is 10.8. The summed E-state index contributed by atoms with van der Waals surface area (Å²) in [5, 5.41) is 39.2. The van der Waals surface area contributed by atoms with Gasteiger partial charge >= 0.3 is 0 Å². The molecular formula is C45H60N8O9. The number of amides is 7. The van der Waals surface area contributed by atoms with E-state index >= 15 is 0 Å². The van der Waals surface area contributed by atoms with Gasteiger partial charge < -0.3 is 53.2 Å². The molecule has 9 atom stereocenters. The van der Waals surface area contributed by atoms with Crippen LogP contribution in [0.5, 0.6) is 5.75 Å². The smallest absolute Gasteiger partial charge is 0.245 e. The van der Waals surface area contributed by atoms with Crippen LogP contribution in [0.25, 0.3) is 0 Å². The zero-order valence-electron chi connectivity index (χ0n) is 35.7. The van der Waals surface area contributed by atoms with Crippen molar-refractivity contribution in [1.29, 1.82) is 0 Å². The average Bonchev–Trinajstić information content (AvgIpc) is 3.24. The third kappa shape index (κ3) is 14.1. The monoisotopic (exact) mass is 856 g/mol. The van der Waals surface area contributed by atoms with E-state index in [1.165, 1.54) is 31.2 Å². The van der Waals surface area contributed by atoms with Crippen LogP contribution in [0.2, 0.25) is 0 Å². The maximum Gasteiger partial charge on any atom is 0.245 e. The largest absolute Gasteiger partial charge is 0.508 e. The van der Waals surface area contributed by atoms with Gasteiger partial charge in [0.25, 0.3) is 0 Å². The Hall–Kier alpha value is -6.33. The SMILES string of the molecule is CC[C@H](C)[C@@H]1NC(=O)[C@@H](NC(=O)[C@@H](NC(=O)[C@@H](N)Cc2ccccc2)C(C)C)CNC(=O)[C@@H](Cc2ccc(O)cc2)NC(=O)C([C@@H](C)O)NC(=O)C(Cc2ccccc2)NC1=O. The fraction of sp³-hybridized carbons (Fsp3) is 0.444. The Balaban J connectivity index is 1.72. The predicted octanol–water partition coefficient (Wildman–Crippen LogP) is -0.131.